The van der Waals surface area contributed by atoms with E-state index in [1.807, 2.05) is 0 Å². The predicted octanol–water partition coefficient (Wildman–Crippen LogP) is 3.02. The molecular formula is C22H31NO4. The first-order valence-corrected chi connectivity index (χ1v) is 10.1. The normalized spacial score (nSPS) is 47.5. The molecule has 27 heavy (non-hydrogen) atoms. The standard InChI is InChI=1S/C22H31NO4/c1-12(24)14-5-6-15-13-9-18(23-27-4)17-10-19(25)20(26)11-22(17,3)16(13)7-8-21(14,15)2/h6,9,14,16-17,19-20,25-26H,5,7-8,10-11H2,1-4H3/b23-18-/t14-,16?,17+,19-,20+,21-,22-/m1/s1. The molecule has 4 aliphatic carbocycles. The van der Waals surface area contributed by atoms with Gasteiger partial charge >= 0.3 is 0 Å². The van der Waals surface area contributed by atoms with Crippen LogP contribution in [0.2, 0.25) is 0 Å². The summed E-state index contributed by atoms with van der Waals surface area (Å²) in [5.74, 6) is 0.705. The van der Waals surface area contributed by atoms with Gasteiger partial charge in [-0.05, 0) is 67.6 Å². The fourth-order valence-electron chi connectivity index (χ4n) is 6.63. The first-order valence-electron chi connectivity index (χ1n) is 10.1. The van der Waals surface area contributed by atoms with E-state index in [0.29, 0.717) is 18.8 Å². The number of Topliss-reactive ketones (excluding diaryl/α,β-unsaturated/α-hetero) is 1. The Hall–Kier alpha value is -1.46. The number of carbonyl (C=O) groups is 1. The van der Waals surface area contributed by atoms with Gasteiger partial charge in [-0.15, -0.1) is 0 Å². The summed E-state index contributed by atoms with van der Waals surface area (Å²) < 4.78 is 0. The first-order chi connectivity index (χ1) is 12.7. The molecule has 0 aromatic heterocycles. The molecule has 148 valence electrons. The Morgan fingerprint density at radius 1 is 1.26 bits per heavy atom. The van der Waals surface area contributed by atoms with Gasteiger partial charge in [0.05, 0.1) is 17.9 Å². The van der Waals surface area contributed by atoms with E-state index in [1.165, 1.54) is 11.1 Å². The van der Waals surface area contributed by atoms with Crippen molar-refractivity contribution in [3.63, 3.8) is 0 Å². The number of ketones is 1. The van der Waals surface area contributed by atoms with E-state index in [0.717, 1.165) is 25.0 Å². The molecule has 0 amide bonds. The summed E-state index contributed by atoms with van der Waals surface area (Å²) in [5, 5.41) is 25.0. The van der Waals surface area contributed by atoms with Crippen molar-refractivity contribution < 1.29 is 19.8 Å². The molecule has 1 unspecified atom stereocenters. The summed E-state index contributed by atoms with van der Waals surface area (Å²) in [5.41, 5.74) is 3.14. The van der Waals surface area contributed by atoms with Gasteiger partial charge in [-0.3, -0.25) is 4.79 Å². The third-order valence-corrected chi connectivity index (χ3v) is 8.09. The van der Waals surface area contributed by atoms with Crippen LogP contribution in [-0.4, -0.2) is 41.0 Å². The maximum atomic E-state index is 12.2. The van der Waals surface area contributed by atoms with E-state index < -0.39 is 12.2 Å². The first kappa shape index (κ1) is 18.9. The summed E-state index contributed by atoms with van der Waals surface area (Å²) >= 11 is 0. The fraction of sp³-hybridized carbons (Fsp3) is 0.727. The Morgan fingerprint density at radius 2 is 2.00 bits per heavy atom. The summed E-state index contributed by atoms with van der Waals surface area (Å²) in [7, 11) is 1.55. The van der Waals surface area contributed by atoms with Gasteiger partial charge < -0.3 is 15.1 Å². The summed E-state index contributed by atoms with van der Waals surface area (Å²) in [6.45, 7) is 6.17. The molecule has 0 spiro atoms. The Kier molecular flexibility index (Phi) is 4.39. The number of allylic oxidation sites excluding steroid dienone is 4. The highest BCUT2D eigenvalue weighted by Gasteiger charge is 2.58. The van der Waals surface area contributed by atoms with Crippen LogP contribution in [0.15, 0.2) is 28.5 Å². The number of hydrogen-bond donors (Lipinski definition) is 2. The summed E-state index contributed by atoms with van der Waals surface area (Å²) in [6.07, 6.45) is 6.84. The van der Waals surface area contributed by atoms with Crippen molar-refractivity contribution in [2.75, 3.05) is 7.11 Å². The number of oxime groups is 1. The van der Waals surface area contributed by atoms with Crippen LogP contribution in [0.5, 0.6) is 0 Å². The van der Waals surface area contributed by atoms with Gasteiger partial charge in [0.1, 0.15) is 12.9 Å². The minimum absolute atomic E-state index is 0.0569. The lowest BCUT2D eigenvalue weighted by atomic mass is 9.48. The van der Waals surface area contributed by atoms with Crippen molar-refractivity contribution in [3.8, 4) is 0 Å². The highest BCUT2D eigenvalue weighted by Crippen LogP contribution is 2.63. The highest BCUT2D eigenvalue weighted by atomic mass is 16.6. The molecule has 0 aliphatic heterocycles. The molecule has 0 radical (unpaired) electrons. The van der Waals surface area contributed by atoms with Crippen LogP contribution in [0, 0.1) is 28.6 Å². The lowest BCUT2D eigenvalue weighted by Gasteiger charge is -2.56. The van der Waals surface area contributed by atoms with Crippen molar-refractivity contribution >= 4 is 11.5 Å². The number of aliphatic hydroxyl groups excluding tert-OH is 2. The number of fused-ring (bicyclic) bond motifs is 5. The quantitative estimate of drug-likeness (QED) is 0.729. The lowest BCUT2D eigenvalue weighted by molar-refractivity contribution is -0.123. The third kappa shape index (κ3) is 2.58. The third-order valence-electron chi connectivity index (χ3n) is 8.09. The number of rotatable bonds is 2. The molecule has 7 atom stereocenters. The zero-order valence-electron chi connectivity index (χ0n) is 16.7. The van der Waals surface area contributed by atoms with E-state index in [4.69, 9.17) is 4.84 Å². The maximum Gasteiger partial charge on any atom is 0.134 e. The maximum absolute atomic E-state index is 12.2. The fourth-order valence-corrected chi connectivity index (χ4v) is 6.63. The zero-order chi connectivity index (χ0) is 19.6. The largest absolute Gasteiger partial charge is 0.399 e. The van der Waals surface area contributed by atoms with Gasteiger partial charge in [-0.25, -0.2) is 0 Å². The molecule has 5 nitrogen and oxygen atoms in total. The lowest BCUT2D eigenvalue weighted by Crippen LogP contribution is -2.55. The summed E-state index contributed by atoms with van der Waals surface area (Å²) in [4.78, 5) is 17.4. The molecule has 2 saturated carbocycles. The zero-order valence-corrected chi connectivity index (χ0v) is 16.7. The van der Waals surface area contributed by atoms with Crippen LogP contribution in [0.25, 0.3) is 0 Å². The topological polar surface area (TPSA) is 79.1 Å². The van der Waals surface area contributed by atoms with E-state index in [-0.39, 0.29) is 28.4 Å². The van der Waals surface area contributed by atoms with Crippen molar-refractivity contribution in [3.05, 3.63) is 23.3 Å². The molecular weight excluding hydrogens is 342 g/mol. The van der Waals surface area contributed by atoms with E-state index in [2.05, 4.69) is 31.2 Å². The monoisotopic (exact) mass is 373 g/mol. The molecule has 0 aromatic rings. The number of hydrogen-bond acceptors (Lipinski definition) is 5. The molecule has 0 saturated heterocycles. The summed E-state index contributed by atoms with van der Waals surface area (Å²) in [6, 6.07) is 0. The van der Waals surface area contributed by atoms with Gasteiger partial charge in [0.2, 0.25) is 0 Å². The second kappa shape index (κ2) is 6.28. The van der Waals surface area contributed by atoms with Crippen molar-refractivity contribution in [1.29, 1.82) is 0 Å². The van der Waals surface area contributed by atoms with Gasteiger partial charge in [0.15, 0.2) is 0 Å². The van der Waals surface area contributed by atoms with Crippen molar-refractivity contribution in [2.24, 2.45) is 33.7 Å². The molecule has 2 fully saturated rings. The Bertz CT molecular complexity index is 753. The van der Waals surface area contributed by atoms with E-state index in [1.54, 1.807) is 14.0 Å². The minimum Gasteiger partial charge on any atom is -0.399 e. The van der Waals surface area contributed by atoms with Crippen LogP contribution >= 0.6 is 0 Å². The van der Waals surface area contributed by atoms with Crippen LogP contribution < -0.4 is 0 Å². The SMILES string of the molecule is CO/N=C1/C=C2C3=CC[C@H](C(C)=O)[C@@]3(C)CCC2[C@@]2(C)C[C@H](O)[C@H](O)C[C@@H]12. The van der Waals surface area contributed by atoms with Crippen molar-refractivity contribution in [1.82, 2.24) is 0 Å². The second-order valence-corrected chi connectivity index (χ2v) is 9.46. The average Bonchev–Trinajstić information content (AvgIpc) is 2.95. The molecule has 0 aromatic carbocycles. The molecule has 0 heterocycles. The van der Waals surface area contributed by atoms with Crippen LogP contribution in [-0.2, 0) is 9.63 Å². The molecule has 4 aliphatic rings. The van der Waals surface area contributed by atoms with Gasteiger partial charge in [0.25, 0.3) is 0 Å². The minimum atomic E-state index is -0.721. The van der Waals surface area contributed by atoms with E-state index in [9.17, 15) is 15.0 Å². The van der Waals surface area contributed by atoms with Gasteiger partial charge in [-0.2, -0.15) is 0 Å². The molecule has 0 bridgehead atoms. The molecule has 4 rings (SSSR count). The van der Waals surface area contributed by atoms with E-state index >= 15 is 0 Å². The Morgan fingerprint density at radius 3 is 2.67 bits per heavy atom. The smallest absolute Gasteiger partial charge is 0.134 e. The average molecular weight is 373 g/mol. The Balaban J connectivity index is 1.81. The second-order valence-electron chi connectivity index (χ2n) is 9.46. The van der Waals surface area contributed by atoms with Gasteiger partial charge in [-0.1, -0.05) is 25.1 Å². The number of carbonyl (C=O) groups excluding carboxylic acids is 1. The Labute approximate surface area is 161 Å². The highest BCUT2D eigenvalue weighted by molar-refractivity contribution is 6.00. The number of nitrogens with zero attached hydrogens (tertiary/aromatic N) is 1. The van der Waals surface area contributed by atoms with Crippen LogP contribution in [0.1, 0.15) is 52.9 Å². The van der Waals surface area contributed by atoms with Crippen LogP contribution in [0.3, 0.4) is 0 Å². The van der Waals surface area contributed by atoms with Crippen molar-refractivity contribution in [2.45, 2.75) is 65.1 Å². The van der Waals surface area contributed by atoms with Gasteiger partial charge in [0, 0.05) is 17.3 Å². The van der Waals surface area contributed by atoms with Crippen LogP contribution in [0.4, 0.5) is 0 Å². The predicted molar refractivity (Wildman–Crippen MR) is 103 cm³/mol. The molecule has 5 heteroatoms. The number of aliphatic hydroxyl groups is 2. The molecule has 2 N–H and O–H groups in total.